The molecule has 7 rings (SSSR count). The van der Waals surface area contributed by atoms with Gasteiger partial charge in [0.25, 0.3) is 11.8 Å². The van der Waals surface area contributed by atoms with Gasteiger partial charge in [-0.1, -0.05) is 12.1 Å². The van der Waals surface area contributed by atoms with Crippen molar-refractivity contribution < 1.29 is 18.7 Å². The summed E-state index contributed by atoms with van der Waals surface area (Å²) >= 11 is 0. The number of anilines is 6. The zero-order valence-corrected chi connectivity index (χ0v) is 37.8. The number of azo groups is 2. The Hall–Kier alpha value is -8.26. The molecular formula is C52H56N12O2+2. The fraction of sp³-hybridized carbons (Fsp3) is 0.192. The summed E-state index contributed by atoms with van der Waals surface area (Å²) in [4.78, 5) is 30.1. The zero-order valence-electron chi connectivity index (χ0n) is 37.8. The Morgan fingerprint density at radius 3 is 1.12 bits per heavy atom. The Labute approximate surface area is 386 Å². The van der Waals surface area contributed by atoms with Gasteiger partial charge in [0.1, 0.15) is 11.4 Å². The largest absolute Gasteiger partial charge is 0.388 e. The van der Waals surface area contributed by atoms with Crippen molar-refractivity contribution in [1.82, 2.24) is 9.80 Å². The van der Waals surface area contributed by atoms with Crippen LogP contribution in [0.25, 0.3) is 0 Å². The molecule has 0 radical (unpaired) electrons. The number of benzene rings is 5. The van der Waals surface area contributed by atoms with Crippen molar-refractivity contribution in [2.75, 3.05) is 62.5 Å². The van der Waals surface area contributed by atoms with E-state index in [1.54, 1.807) is 48.2 Å². The first-order valence-electron chi connectivity index (χ1n) is 22.0. The Morgan fingerprint density at radius 2 is 0.773 bits per heavy atom. The molecule has 0 atom stereocenters. The van der Waals surface area contributed by atoms with E-state index in [-0.39, 0.29) is 11.8 Å². The molecule has 334 valence electrons. The average molecular weight is 881 g/mol. The van der Waals surface area contributed by atoms with Crippen molar-refractivity contribution in [2.45, 2.75) is 25.9 Å². The summed E-state index contributed by atoms with van der Waals surface area (Å²) in [6.07, 6.45) is 5.35. The fourth-order valence-corrected chi connectivity index (χ4v) is 7.06. The molecule has 2 amide bonds. The number of carbonyl (C=O) groups excluding carboxylic acids is 2. The number of pyridine rings is 2. The monoisotopic (exact) mass is 880 g/mol. The molecule has 0 spiro atoms. The summed E-state index contributed by atoms with van der Waals surface area (Å²) in [7, 11) is 7.38. The van der Waals surface area contributed by atoms with Crippen molar-refractivity contribution in [3.63, 3.8) is 0 Å². The molecule has 0 unspecified atom stereocenters. The van der Waals surface area contributed by atoms with E-state index < -0.39 is 0 Å². The third-order valence-corrected chi connectivity index (χ3v) is 10.9. The lowest BCUT2D eigenvalue weighted by Crippen LogP contribution is -2.36. The lowest BCUT2D eigenvalue weighted by molar-refractivity contribution is -0.684. The minimum Gasteiger partial charge on any atom is -0.388 e. The number of carbonyl (C=O) groups is 2. The molecule has 0 saturated heterocycles. The van der Waals surface area contributed by atoms with Crippen LogP contribution in [0.1, 0.15) is 33.6 Å². The van der Waals surface area contributed by atoms with E-state index in [9.17, 15) is 9.59 Å². The van der Waals surface area contributed by atoms with Gasteiger partial charge in [0, 0.05) is 112 Å². The highest BCUT2D eigenvalue weighted by Gasteiger charge is 2.17. The molecule has 2 heterocycles. The lowest BCUT2D eigenvalue weighted by Gasteiger charge is -2.18. The number of aromatic nitrogens is 2. The third kappa shape index (κ3) is 12.9. The van der Waals surface area contributed by atoms with Crippen LogP contribution in [0.3, 0.4) is 0 Å². The van der Waals surface area contributed by atoms with Crippen LogP contribution < -0.4 is 30.4 Å². The van der Waals surface area contributed by atoms with Crippen LogP contribution in [0.5, 0.6) is 0 Å². The summed E-state index contributed by atoms with van der Waals surface area (Å²) in [5, 5.41) is 31.0. The van der Waals surface area contributed by atoms with E-state index in [1.807, 2.05) is 169 Å². The maximum atomic E-state index is 13.4. The van der Waals surface area contributed by atoms with E-state index in [2.05, 4.69) is 41.7 Å². The van der Waals surface area contributed by atoms with Crippen molar-refractivity contribution in [2.24, 2.45) is 20.5 Å². The Morgan fingerprint density at radius 1 is 0.439 bits per heavy atom. The van der Waals surface area contributed by atoms with Gasteiger partial charge >= 0.3 is 11.6 Å². The number of aryl methyl sites for hydroxylation is 2. The second-order valence-corrected chi connectivity index (χ2v) is 15.6. The molecule has 2 aromatic heterocycles. The zero-order chi connectivity index (χ0) is 46.1. The van der Waals surface area contributed by atoms with Crippen LogP contribution in [-0.2, 0) is 13.1 Å². The number of hydrogen-bond donors (Lipinski definition) is 4. The van der Waals surface area contributed by atoms with Gasteiger partial charge in [-0.3, -0.25) is 9.59 Å². The number of hydrogen-bond acceptors (Lipinski definition) is 10. The summed E-state index contributed by atoms with van der Waals surface area (Å²) in [5.41, 5.74) is 8.54. The lowest BCUT2D eigenvalue weighted by atomic mass is 10.1. The second-order valence-electron chi connectivity index (χ2n) is 15.6. The van der Waals surface area contributed by atoms with Crippen molar-refractivity contribution >= 4 is 68.9 Å². The van der Waals surface area contributed by atoms with E-state index in [0.717, 1.165) is 45.5 Å². The molecule has 14 nitrogen and oxygen atoms in total. The van der Waals surface area contributed by atoms with Gasteiger partial charge in [-0.15, -0.1) is 0 Å². The number of rotatable bonds is 20. The molecular weight excluding hydrogens is 825 g/mol. The molecule has 0 saturated carbocycles. The molecule has 0 aliphatic rings. The summed E-state index contributed by atoms with van der Waals surface area (Å²) in [6.45, 7) is 2.37. The molecule has 4 N–H and O–H groups in total. The van der Waals surface area contributed by atoms with Crippen molar-refractivity contribution in [3.05, 3.63) is 181 Å². The standard InChI is InChI=1S/C52H54N12O2/c1-53-41-17-21-43(22-18-41)55-45-25-29-47(30-26-45)57-59-49-11-5-7-35-63(49)37-9-33-61(3)51(65)39-13-15-40(16-14-39)52(66)62(4)34-10-38-64-36-8-6-12-50(64)60-58-48-31-27-46(28-32-48)56-44-23-19-42(54-2)20-24-44/h5-8,11-32,35-36H,9-10,33-34,37-38H2,1-4H3,(H2,53,54,57,58)/p+2. The van der Waals surface area contributed by atoms with Gasteiger partial charge in [-0.2, -0.15) is 0 Å². The maximum absolute atomic E-state index is 13.4. The van der Waals surface area contributed by atoms with Gasteiger partial charge in [-0.25, -0.2) is 9.13 Å². The molecule has 7 aromatic rings. The van der Waals surface area contributed by atoms with Gasteiger partial charge in [0.05, 0.1) is 35.7 Å². The topological polar surface area (TPSA) is 146 Å². The van der Waals surface area contributed by atoms with Gasteiger partial charge < -0.3 is 31.1 Å². The van der Waals surface area contributed by atoms with Crippen LogP contribution in [0.2, 0.25) is 0 Å². The second kappa shape index (κ2) is 22.9. The summed E-state index contributed by atoms with van der Waals surface area (Å²) < 4.78 is 4.05. The molecule has 0 aliphatic heterocycles. The molecule has 0 fully saturated rings. The van der Waals surface area contributed by atoms with E-state index in [4.69, 9.17) is 0 Å². The fourth-order valence-electron chi connectivity index (χ4n) is 7.06. The van der Waals surface area contributed by atoms with Crippen LogP contribution in [0, 0.1) is 0 Å². The first-order chi connectivity index (χ1) is 32.2. The molecule has 5 aromatic carbocycles. The van der Waals surface area contributed by atoms with Crippen LogP contribution in [0.15, 0.2) is 191 Å². The smallest absolute Gasteiger partial charge is 0.350 e. The Bertz CT molecular complexity index is 2530. The van der Waals surface area contributed by atoms with Crippen LogP contribution >= 0.6 is 0 Å². The average Bonchev–Trinajstić information content (AvgIpc) is 3.36. The molecule has 66 heavy (non-hydrogen) atoms. The highest BCUT2D eigenvalue weighted by Crippen LogP contribution is 2.25. The summed E-state index contributed by atoms with van der Waals surface area (Å²) in [6, 6.07) is 50.3. The SMILES string of the molecule is CNc1ccc(Nc2ccc(N=Nc3cccc[n+]3CCCN(C)C(=O)c3ccc(C(=O)N(C)CCC[n+]4ccccc4/N=N/c4ccc(Nc5ccc(NC)cc5)cc4)cc3)cc2)cc1. The third-order valence-electron chi connectivity index (χ3n) is 10.9. The van der Waals surface area contributed by atoms with Crippen molar-refractivity contribution in [1.29, 1.82) is 0 Å². The molecule has 0 bridgehead atoms. The predicted octanol–water partition coefficient (Wildman–Crippen LogP) is 11.0. The number of nitrogens with zero attached hydrogens (tertiary/aromatic N) is 8. The quantitative estimate of drug-likeness (QED) is 0.0443. The van der Waals surface area contributed by atoms with Gasteiger partial charge in [-0.05, 0) is 144 Å². The van der Waals surface area contributed by atoms with Gasteiger partial charge in [0.2, 0.25) is 0 Å². The van der Waals surface area contributed by atoms with Crippen molar-refractivity contribution in [3.8, 4) is 0 Å². The maximum Gasteiger partial charge on any atom is 0.350 e. The Balaban J connectivity index is 0.840. The summed E-state index contributed by atoms with van der Waals surface area (Å²) in [5.74, 6) is 1.21. The first-order valence-corrected chi connectivity index (χ1v) is 22.0. The molecule has 0 aliphatic carbocycles. The van der Waals surface area contributed by atoms with Gasteiger partial charge in [0.15, 0.2) is 0 Å². The van der Waals surface area contributed by atoms with Crippen LogP contribution in [0.4, 0.5) is 57.1 Å². The van der Waals surface area contributed by atoms with E-state index >= 15 is 0 Å². The number of nitrogens with one attached hydrogen (secondary N) is 4. The van der Waals surface area contributed by atoms with Crippen LogP contribution in [-0.4, -0.2) is 62.9 Å². The minimum absolute atomic E-state index is 0.110. The first kappa shape index (κ1) is 45.8. The highest BCUT2D eigenvalue weighted by atomic mass is 16.2. The molecule has 14 heteroatoms. The van der Waals surface area contributed by atoms with E-state index in [1.165, 1.54) is 0 Å². The normalized spacial score (nSPS) is 11.1. The Kier molecular flexibility index (Phi) is 15.9. The minimum atomic E-state index is -0.110. The predicted molar refractivity (Wildman–Crippen MR) is 263 cm³/mol. The highest BCUT2D eigenvalue weighted by molar-refractivity contribution is 5.97. The number of amides is 2. The van der Waals surface area contributed by atoms with E-state index in [0.29, 0.717) is 61.8 Å².